The summed E-state index contributed by atoms with van der Waals surface area (Å²) in [6, 6.07) is 27.9. The van der Waals surface area contributed by atoms with Gasteiger partial charge in [-0.05, 0) is 109 Å². The molecule has 1 unspecified atom stereocenters. The minimum absolute atomic E-state index is 0.162. The molecule has 0 N–H and O–H groups in total. The molecule has 2 atom stereocenters. The highest BCUT2D eigenvalue weighted by molar-refractivity contribution is 6.30. The van der Waals surface area contributed by atoms with Gasteiger partial charge in [0.15, 0.2) is 0 Å². The van der Waals surface area contributed by atoms with Crippen LogP contribution >= 0.6 is 11.6 Å². The molecule has 3 aromatic rings. The summed E-state index contributed by atoms with van der Waals surface area (Å²) in [5.41, 5.74) is 5.22. The fourth-order valence-electron chi connectivity index (χ4n) is 7.05. The normalized spacial score (nSPS) is 25.1. The van der Waals surface area contributed by atoms with Gasteiger partial charge in [0.05, 0.1) is 25.2 Å². The first kappa shape index (κ1) is 26.8. The van der Waals surface area contributed by atoms with Gasteiger partial charge in [0.2, 0.25) is 0 Å². The van der Waals surface area contributed by atoms with Crippen molar-refractivity contribution >= 4 is 11.6 Å². The fourth-order valence-corrected chi connectivity index (χ4v) is 7.26. The molecule has 38 heavy (non-hydrogen) atoms. The number of methoxy groups -OCH3 is 1. The van der Waals surface area contributed by atoms with Gasteiger partial charge in [-0.2, -0.15) is 5.26 Å². The molecule has 0 heterocycles. The van der Waals surface area contributed by atoms with Crippen LogP contribution in [0.3, 0.4) is 0 Å². The Morgan fingerprint density at radius 3 is 2.45 bits per heavy atom. The van der Waals surface area contributed by atoms with Gasteiger partial charge in [0.25, 0.3) is 0 Å². The monoisotopic (exact) mass is 527 g/mol. The Morgan fingerprint density at radius 2 is 1.74 bits per heavy atom. The molecule has 0 bridgehead atoms. The average molecular weight is 528 g/mol. The van der Waals surface area contributed by atoms with Crippen LogP contribution in [0, 0.1) is 28.6 Å². The lowest BCUT2D eigenvalue weighted by atomic mass is 9.57. The summed E-state index contributed by atoms with van der Waals surface area (Å²) in [4.78, 5) is 0. The molecule has 0 radical (unpaired) electrons. The molecule has 1 spiro atoms. The summed E-state index contributed by atoms with van der Waals surface area (Å²) in [7, 11) is 1.69. The van der Waals surface area contributed by atoms with Gasteiger partial charge in [-0.3, -0.25) is 0 Å². The summed E-state index contributed by atoms with van der Waals surface area (Å²) in [5.74, 6) is 1.93. The zero-order valence-electron chi connectivity index (χ0n) is 22.6. The Hall–Kier alpha value is -2.80. The Labute approximate surface area is 232 Å². The van der Waals surface area contributed by atoms with Crippen molar-refractivity contribution < 1.29 is 9.47 Å². The summed E-state index contributed by atoms with van der Waals surface area (Å²) in [6.07, 6.45) is 7.07. The first-order valence-corrected chi connectivity index (χ1v) is 14.3. The van der Waals surface area contributed by atoms with Crippen LogP contribution in [0.5, 0.6) is 5.75 Å². The van der Waals surface area contributed by atoms with E-state index in [1.54, 1.807) is 7.11 Å². The summed E-state index contributed by atoms with van der Waals surface area (Å²) < 4.78 is 11.4. The molecule has 2 aliphatic carbocycles. The molecule has 0 aliphatic heterocycles. The summed E-state index contributed by atoms with van der Waals surface area (Å²) in [5, 5.41) is 11.1. The Bertz CT molecular complexity index is 1270. The largest absolute Gasteiger partial charge is 0.497 e. The molecule has 5 rings (SSSR count). The minimum atomic E-state index is -0.314. The van der Waals surface area contributed by atoms with E-state index in [-0.39, 0.29) is 10.8 Å². The number of nitrogens with zero attached hydrogens (tertiary/aromatic N) is 1. The molecule has 4 heteroatoms. The molecule has 0 aromatic heterocycles. The van der Waals surface area contributed by atoms with E-state index in [1.165, 1.54) is 22.3 Å². The first-order chi connectivity index (χ1) is 18.4. The van der Waals surface area contributed by atoms with Crippen LogP contribution in [0.4, 0.5) is 0 Å². The molecular weight excluding hydrogens is 490 g/mol. The van der Waals surface area contributed by atoms with Crippen LogP contribution in [0.2, 0.25) is 5.02 Å². The van der Waals surface area contributed by atoms with Gasteiger partial charge in [-0.25, -0.2) is 0 Å². The lowest BCUT2D eigenvalue weighted by Crippen LogP contribution is -2.41. The second kappa shape index (κ2) is 11.5. The third-order valence-electron chi connectivity index (χ3n) is 9.09. The molecule has 2 aliphatic rings. The highest BCUT2D eigenvalue weighted by Crippen LogP contribution is 2.57. The number of fused-ring (bicyclic) bond motifs is 2. The number of halogens is 1. The number of ether oxygens (including phenoxy) is 2. The van der Waals surface area contributed by atoms with Crippen LogP contribution in [0.15, 0.2) is 72.8 Å². The van der Waals surface area contributed by atoms with Crippen LogP contribution in [0.1, 0.15) is 61.3 Å². The van der Waals surface area contributed by atoms with E-state index >= 15 is 0 Å². The third-order valence-corrected chi connectivity index (χ3v) is 9.32. The van der Waals surface area contributed by atoms with Gasteiger partial charge >= 0.3 is 0 Å². The molecule has 1 saturated carbocycles. The summed E-state index contributed by atoms with van der Waals surface area (Å²) >= 11 is 6.26. The number of hydrogen-bond donors (Lipinski definition) is 0. The lowest BCUT2D eigenvalue weighted by Gasteiger charge is -2.46. The van der Waals surface area contributed by atoms with Crippen LogP contribution in [0.25, 0.3) is 0 Å². The van der Waals surface area contributed by atoms with Gasteiger partial charge in [-0.1, -0.05) is 67.1 Å². The van der Waals surface area contributed by atoms with Crippen molar-refractivity contribution in [3.63, 3.8) is 0 Å². The molecule has 198 valence electrons. The van der Waals surface area contributed by atoms with Crippen molar-refractivity contribution in [3.05, 3.63) is 100 Å². The first-order valence-electron chi connectivity index (χ1n) is 13.9. The predicted molar refractivity (Wildman–Crippen MR) is 153 cm³/mol. The van der Waals surface area contributed by atoms with E-state index in [0.717, 1.165) is 62.3 Å². The second-order valence-electron chi connectivity index (χ2n) is 11.6. The van der Waals surface area contributed by atoms with Crippen LogP contribution < -0.4 is 4.74 Å². The molecule has 3 nitrogen and oxygen atoms in total. The minimum Gasteiger partial charge on any atom is -0.497 e. The fraction of sp³-hybridized carbons (Fsp3) is 0.441. The number of benzene rings is 3. The van der Waals surface area contributed by atoms with E-state index in [9.17, 15) is 5.26 Å². The highest BCUT2D eigenvalue weighted by Gasteiger charge is 2.51. The molecular formula is C34H38ClNO2. The van der Waals surface area contributed by atoms with Crippen molar-refractivity contribution in [1.82, 2.24) is 0 Å². The topological polar surface area (TPSA) is 42.2 Å². The van der Waals surface area contributed by atoms with Crippen molar-refractivity contribution in [3.8, 4) is 11.8 Å². The Morgan fingerprint density at radius 1 is 0.974 bits per heavy atom. The maximum absolute atomic E-state index is 10.3. The van der Waals surface area contributed by atoms with Crippen molar-refractivity contribution in [2.75, 3.05) is 13.7 Å². The van der Waals surface area contributed by atoms with Gasteiger partial charge in [0, 0.05) is 11.6 Å². The molecule has 0 saturated heterocycles. The maximum atomic E-state index is 10.3. The highest BCUT2D eigenvalue weighted by atomic mass is 35.5. The van der Waals surface area contributed by atoms with Crippen molar-refractivity contribution in [1.29, 1.82) is 5.26 Å². The molecule has 3 aromatic carbocycles. The SMILES string of the molecule is COc1ccc(COC[C@H](C)CC2Cc3ccccc3C23CCC(C#N)(Cc2cccc(Cl)c2)CC3)cc1. The Balaban J connectivity index is 1.25. The lowest BCUT2D eigenvalue weighted by molar-refractivity contribution is 0.0671. The second-order valence-corrected chi connectivity index (χ2v) is 12.1. The number of nitriles is 1. The van der Waals surface area contributed by atoms with Crippen LogP contribution in [-0.2, 0) is 29.6 Å². The zero-order chi connectivity index (χ0) is 26.6. The zero-order valence-corrected chi connectivity index (χ0v) is 23.3. The smallest absolute Gasteiger partial charge is 0.118 e. The third kappa shape index (κ3) is 5.63. The number of hydrogen-bond acceptors (Lipinski definition) is 3. The van der Waals surface area contributed by atoms with E-state index < -0.39 is 0 Å². The number of rotatable bonds is 9. The van der Waals surface area contributed by atoms with Crippen LogP contribution in [-0.4, -0.2) is 13.7 Å². The van der Waals surface area contributed by atoms with Gasteiger partial charge < -0.3 is 9.47 Å². The summed E-state index contributed by atoms with van der Waals surface area (Å²) in [6.45, 7) is 3.71. The molecule has 1 fully saturated rings. The van der Waals surface area contributed by atoms with E-state index in [4.69, 9.17) is 21.1 Å². The van der Waals surface area contributed by atoms with Crippen molar-refractivity contribution in [2.45, 2.75) is 63.9 Å². The average Bonchev–Trinajstić information content (AvgIpc) is 3.23. The Kier molecular flexibility index (Phi) is 8.12. The maximum Gasteiger partial charge on any atom is 0.118 e. The van der Waals surface area contributed by atoms with E-state index in [1.807, 2.05) is 30.3 Å². The van der Waals surface area contributed by atoms with Gasteiger partial charge in [-0.15, -0.1) is 0 Å². The van der Waals surface area contributed by atoms with E-state index in [0.29, 0.717) is 18.4 Å². The van der Waals surface area contributed by atoms with Gasteiger partial charge in [0.1, 0.15) is 5.75 Å². The predicted octanol–water partition coefficient (Wildman–Crippen LogP) is 8.33. The standard InChI is InChI=1S/C34H38ClNO2/c1-25(22-38-23-26-10-12-31(37-2)13-11-26)18-29-20-28-7-3-4-9-32(28)34(29)16-14-33(24-36,15-17-34)21-27-6-5-8-30(35)19-27/h3-13,19,25,29H,14-18,20-23H2,1-2H3/t25-,29?,33?,34?/m1/s1. The molecule has 0 amide bonds. The van der Waals surface area contributed by atoms with E-state index in [2.05, 4.69) is 55.5 Å². The quantitative estimate of drug-likeness (QED) is 0.281. The van der Waals surface area contributed by atoms with Crippen molar-refractivity contribution in [2.24, 2.45) is 17.3 Å².